The SMILES string of the molecule is Cc1cc(N)ccc1-n1nnc(-c2ccccc2)n1. The number of nitrogens with two attached hydrogens (primary N) is 1. The molecule has 0 fully saturated rings. The van der Waals surface area contributed by atoms with E-state index in [0.29, 0.717) is 5.82 Å². The molecule has 0 atom stereocenters. The van der Waals surface area contributed by atoms with Crippen LogP contribution in [0.15, 0.2) is 48.5 Å². The van der Waals surface area contributed by atoms with Gasteiger partial charge in [-0.1, -0.05) is 30.3 Å². The smallest absolute Gasteiger partial charge is 0.205 e. The van der Waals surface area contributed by atoms with Crippen molar-refractivity contribution < 1.29 is 0 Å². The fourth-order valence-corrected chi connectivity index (χ4v) is 1.92. The molecular formula is C14H13N5. The monoisotopic (exact) mass is 251 g/mol. The van der Waals surface area contributed by atoms with Crippen molar-refractivity contribution in [3.63, 3.8) is 0 Å². The Morgan fingerprint density at radius 2 is 1.84 bits per heavy atom. The fourth-order valence-electron chi connectivity index (χ4n) is 1.92. The number of aryl methyl sites for hydroxylation is 1. The number of tetrazole rings is 1. The van der Waals surface area contributed by atoms with Gasteiger partial charge in [0, 0.05) is 11.3 Å². The molecule has 5 heteroatoms. The van der Waals surface area contributed by atoms with Gasteiger partial charge in [-0.15, -0.1) is 15.0 Å². The van der Waals surface area contributed by atoms with Gasteiger partial charge in [-0.25, -0.2) is 0 Å². The summed E-state index contributed by atoms with van der Waals surface area (Å²) in [5.41, 5.74) is 9.30. The van der Waals surface area contributed by atoms with Gasteiger partial charge in [-0.05, 0) is 35.9 Å². The van der Waals surface area contributed by atoms with Crippen LogP contribution >= 0.6 is 0 Å². The Kier molecular flexibility index (Phi) is 2.72. The number of hydrogen-bond acceptors (Lipinski definition) is 4. The van der Waals surface area contributed by atoms with Crippen LogP contribution < -0.4 is 5.73 Å². The molecular weight excluding hydrogens is 238 g/mol. The van der Waals surface area contributed by atoms with Crippen LogP contribution in [0.4, 0.5) is 5.69 Å². The second-order valence-electron chi connectivity index (χ2n) is 4.31. The molecule has 0 saturated heterocycles. The van der Waals surface area contributed by atoms with Crippen LogP contribution in [0.2, 0.25) is 0 Å². The highest BCUT2D eigenvalue weighted by Gasteiger charge is 2.08. The van der Waals surface area contributed by atoms with Gasteiger partial charge in [-0.3, -0.25) is 0 Å². The third kappa shape index (κ3) is 2.18. The first-order chi connectivity index (χ1) is 9.24. The molecule has 0 spiro atoms. The maximum Gasteiger partial charge on any atom is 0.205 e. The molecule has 94 valence electrons. The molecule has 19 heavy (non-hydrogen) atoms. The number of hydrogen-bond donors (Lipinski definition) is 1. The van der Waals surface area contributed by atoms with Crippen LogP contribution in [-0.4, -0.2) is 20.2 Å². The highest BCUT2D eigenvalue weighted by atomic mass is 15.6. The summed E-state index contributed by atoms with van der Waals surface area (Å²) in [6.45, 7) is 1.97. The van der Waals surface area contributed by atoms with Gasteiger partial charge in [0.25, 0.3) is 0 Å². The molecule has 2 N–H and O–H groups in total. The van der Waals surface area contributed by atoms with Crippen LogP contribution in [0.25, 0.3) is 17.1 Å². The summed E-state index contributed by atoms with van der Waals surface area (Å²) in [6, 6.07) is 15.4. The molecule has 0 aliphatic rings. The van der Waals surface area contributed by atoms with Gasteiger partial charge >= 0.3 is 0 Å². The van der Waals surface area contributed by atoms with Gasteiger partial charge in [0.2, 0.25) is 5.82 Å². The number of nitrogens with zero attached hydrogens (tertiary/aromatic N) is 4. The standard InChI is InChI=1S/C14H13N5/c1-10-9-12(15)7-8-13(10)19-17-14(16-18-19)11-5-3-2-4-6-11/h2-9H,15H2,1H3. The Labute approximate surface area is 110 Å². The normalized spacial score (nSPS) is 10.6. The van der Waals surface area contributed by atoms with E-state index in [-0.39, 0.29) is 0 Å². The molecule has 1 aromatic heterocycles. The van der Waals surface area contributed by atoms with Crippen molar-refractivity contribution in [1.82, 2.24) is 20.2 Å². The Morgan fingerprint density at radius 1 is 1.05 bits per heavy atom. The second-order valence-corrected chi connectivity index (χ2v) is 4.31. The summed E-state index contributed by atoms with van der Waals surface area (Å²) in [5.74, 6) is 0.608. The molecule has 2 aromatic carbocycles. The number of anilines is 1. The van der Waals surface area contributed by atoms with Crippen LogP contribution in [0.3, 0.4) is 0 Å². The number of nitrogen functional groups attached to an aromatic ring is 1. The Balaban J connectivity index is 2.02. The first-order valence-corrected chi connectivity index (χ1v) is 5.96. The highest BCUT2D eigenvalue weighted by molar-refractivity contribution is 5.54. The highest BCUT2D eigenvalue weighted by Crippen LogP contribution is 2.17. The summed E-state index contributed by atoms with van der Waals surface area (Å²) in [6.07, 6.45) is 0. The Hall–Kier alpha value is -2.69. The molecule has 0 bridgehead atoms. The zero-order valence-electron chi connectivity index (χ0n) is 10.5. The van der Waals surface area contributed by atoms with E-state index in [0.717, 1.165) is 22.5 Å². The lowest BCUT2D eigenvalue weighted by molar-refractivity contribution is 0.716. The lowest BCUT2D eigenvalue weighted by atomic mass is 10.2. The van der Waals surface area contributed by atoms with Crippen LogP contribution in [0.1, 0.15) is 5.56 Å². The first kappa shape index (κ1) is 11.4. The van der Waals surface area contributed by atoms with E-state index in [2.05, 4.69) is 15.4 Å². The Morgan fingerprint density at radius 3 is 2.58 bits per heavy atom. The van der Waals surface area contributed by atoms with Crippen molar-refractivity contribution in [3.05, 3.63) is 54.1 Å². The van der Waals surface area contributed by atoms with Gasteiger partial charge in [0.15, 0.2) is 0 Å². The van der Waals surface area contributed by atoms with Gasteiger partial charge in [0.05, 0.1) is 5.69 Å². The van der Waals surface area contributed by atoms with E-state index in [9.17, 15) is 0 Å². The van der Waals surface area contributed by atoms with E-state index in [1.54, 1.807) is 0 Å². The number of rotatable bonds is 2. The molecule has 1 heterocycles. The van der Waals surface area contributed by atoms with Crippen LogP contribution in [0, 0.1) is 6.92 Å². The molecule has 5 nitrogen and oxygen atoms in total. The van der Waals surface area contributed by atoms with Crippen molar-refractivity contribution in [2.75, 3.05) is 5.73 Å². The molecule has 3 aromatic rings. The van der Waals surface area contributed by atoms with Crippen molar-refractivity contribution >= 4 is 5.69 Å². The molecule has 0 amide bonds. The van der Waals surface area contributed by atoms with Gasteiger partial charge in [0.1, 0.15) is 0 Å². The minimum absolute atomic E-state index is 0.608. The summed E-state index contributed by atoms with van der Waals surface area (Å²) >= 11 is 0. The largest absolute Gasteiger partial charge is 0.399 e. The molecule has 0 unspecified atom stereocenters. The van der Waals surface area contributed by atoms with Crippen molar-refractivity contribution in [1.29, 1.82) is 0 Å². The average molecular weight is 251 g/mol. The zero-order chi connectivity index (χ0) is 13.2. The van der Waals surface area contributed by atoms with Gasteiger partial charge < -0.3 is 5.73 Å². The van der Waals surface area contributed by atoms with E-state index < -0.39 is 0 Å². The second kappa shape index (κ2) is 4.53. The van der Waals surface area contributed by atoms with Crippen LogP contribution in [0.5, 0.6) is 0 Å². The zero-order valence-corrected chi connectivity index (χ0v) is 10.5. The summed E-state index contributed by atoms with van der Waals surface area (Å²) in [5, 5.41) is 12.6. The number of aromatic nitrogens is 4. The van der Waals surface area contributed by atoms with Crippen molar-refractivity contribution in [2.24, 2.45) is 0 Å². The van der Waals surface area contributed by atoms with E-state index in [1.807, 2.05) is 55.5 Å². The van der Waals surface area contributed by atoms with E-state index in [1.165, 1.54) is 4.80 Å². The summed E-state index contributed by atoms with van der Waals surface area (Å²) in [4.78, 5) is 1.52. The van der Waals surface area contributed by atoms with E-state index >= 15 is 0 Å². The molecule has 0 aliphatic carbocycles. The van der Waals surface area contributed by atoms with Crippen molar-refractivity contribution in [3.8, 4) is 17.1 Å². The predicted molar refractivity (Wildman–Crippen MR) is 73.7 cm³/mol. The number of benzene rings is 2. The minimum Gasteiger partial charge on any atom is -0.399 e. The maximum atomic E-state index is 5.74. The molecule has 0 saturated carbocycles. The predicted octanol–water partition coefficient (Wildman–Crippen LogP) is 2.22. The Bertz CT molecular complexity index is 703. The van der Waals surface area contributed by atoms with Gasteiger partial charge in [-0.2, -0.15) is 0 Å². The lowest BCUT2D eigenvalue weighted by Gasteiger charge is -2.03. The fraction of sp³-hybridized carbons (Fsp3) is 0.0714. The maximum absolute atomic E-state index is 5.74. The van der Waals surface area contributed by atoms with E-state index in [4.69, 9.17) is 5.73 Å². The minimum atomic E-state index is 0.608. The molecule has 0 aliphatic heterocycles. The quantitative estimate of drug-likeness (QED) is 0.709. The summed E-state index contributed by atoms with van der Waals surface area (Å²) < 4.78 is 0. The average Bonchev–Trinajstić information content (AvgIpc) is 2.89. The molecule has 0 radical (unpaired) electrons. The van der Waals surface area contributed by atoms with Crippen molar-refractivity contribution in [2.45, 2.75) is 6.92 Å². The molecule has 3 rings (SSSR count). The first-order valence-electron chi connectivity index (χ1n) is 5.96. The lowest BCUT2D eigenvalue weighted by Crippen LogP contribution is -2.02. The third-order valence-electron chi connectivity index (χ3n) is 2.88. The topological polar surface area (TPSA) is 69.6 Å². The van der Waals surface area contributed by atoms with Crippen LogP contribution in [-0.2, 0) is 0 Å². The summed E-state index contributed by atoms with van der Waals surface area (Å²) in [7, 11) is 0. The third-order valence-corrected chi connectivity index (χ3v) is 2.88.